The first-order valence-electron chi connectivity index (χ1n) is 7.15. The van der Waals surface area contributed by atoms with Gasteiger partial charge in [0.25, 0.3) is 0 Å². The van der Waals surface area contributed by atoms with Crippen molar-refractivity contribution < 1.29 is 9.90 Å². The lowest BCUT2D eigenvalue weighted by atomic mass is 10.0. The highest BCUT2D eigenvalue weighted by Crippen LogP contribution is 2.17. The number of carbonyl (C=O) groups excluding carboxylic acids is 1. The smallest absolute Gasteiger partial charge is 0.315 e. The lowest BCUT2D eigenvalue weighted by molar-refractivity contribution is 0.172. The summed E-state index contributed by atoms with van der Waals surface area (Å²) in [5.74, 6) is 0. The van der Waals surface area contributed by atoms with Crippen LogP contribution in [0.25, 0.3) is 0 Å². The van der Waals surface area contributed by atoms with Gasteiger partial charge in [0.2, 0.25) is 0 Å². The van der Waals surface area contributed by atoms with E-state index in [4.69, 9.17) is 0 Å². The van der Waals surface area contributed by atoms with Gasteiger partial charge in [0, 0.05) is 11.4 Å². The number of aromatic nitrogens is 1. The molecule has 1 atom stereocenters. The monoisotopic (exact) mass is 319 g/mol. The highest BCUT2D eigenvalue weighted by Gasteiger charge is 2.12. The normalized spacial score (nSPS) is 12.0. The minimum atomic E-state index is -0.713. The lowest BCUT2D eigenvalue weighted by Gasteiger charge is -2.14. The van der Waals surface area contributed by atoms with E-state index in [1.54, 1.807) is 11.3 Å². The van der Waals surface area contributed by atoms with Crippen molar-refractivity contribution in [1.29, 1.82) is 0 Å². The second-order valence-corrected chi connectivity index (χ2v) is 6.58. The summed E-state index contributed by atoms with van der Waals surface area (Å²) < 4.78 is 0. The summed E-state index contributed by atoms with van der Waals surface area (Å²) >= 11 is 1.62. The third kappa shape index (κ3) is 4.29. The standard InChI is InChI=1S/C16H21N3O2S/c1-10-6-4-5-7-13(10)15(20)9-18-16(21)17-8-14-11(2)22-12(3)19-14/h4-7,15,20H,8-9H2,1-3H3,(H2,17,18,21). The summed E-state index contributed by atoms with van der Waals surface area (Å²) in [4.78, 5) is 17.3. The van der Waals surface area contributed by atoms with E-state index in [1.807, 2.05) is 45.0 Å². The van der Waals surface area contributed by atoms with Crippen molar-refractivity contribution in [2.75, 3.05) is 6.54 Å². The summed E-state index contributed by atoms with van der Waals surface area (Å²) in [7, 11) is 0. The van der Waals surface area contributed by atoms with E-state index in [1.165, 1.54) is 0 Å². The molecule has 0 aliphatic carbocycles. The third-order valence-electron chi connectivity index (χ3n) is 3.42. The molecular formula is C16H21N3O2S. The van der Waals surface area contributed by atoms with E-state index < -0.39 is 6.10 Å². The Balaban J connectivity index is 1.80. The minimum Gasteiger partial charge on any atom is -0.387 e. The zero-order valence-corrected chi connectivity index (χ0v) is 13.8. The largest absolute Gasteiger partial charge is 0.387 e. The fraction of sp³-hybridized carbons (Fsp3) is 0.375. The highest BCUT2D eigenvalue weighted by molar-refractivity contribution is 7.11. The number of amides is 2. The zero-order valence-electron chi connectivity index (χ0n) is 13.0. The van der Waals surface area contributed by atoms with E-state index in [-0.39, 0.29) is 12.6 Å². The highest BCUT2D eigenvalue weighted by atomic mass is 32.1. The molecule has 1 heterocycles. The van der Waals surface area contributed by atoms with Crippen molar-refractivity contribution in [3.8, 4) is 0 Å². The fourth-order valence-corrected chi connectivity index (χ4v) is 3.06. The van der Waals surface area contributed by atoms with Gasteiger partial charge >= 0.3 is 6.03 Å². The summed E-state index contributed by atoms with van der Waals surface area (Å²) in [6.45, 7) is 6.43. The minimum absolute atomic E-state index is 0.172. The van der Waals surface area contributed by atoms with Crippen molar-refractivity contribution in [3.63, 3.8) is 0 Å². The average Bonchev–Trinajstić information content (AvgIpc) is 2.81. The molecular weight excluding hydrogens is 298 g/mol. The predicted molar refractivity (Wildman–Crippen MR) is 88.0 cm³/mol. The van der Waals surface area contributed by atoms with Gasteiger partial charge in [-0.25, -0.2) is 9.78 Å². The molecule has 0 fully saturated rings. The molecule has 0 aliphatic rings. The van der Waals surface area contributed by atoms with Crippen molar-refractivity contribution in [2.45, 2.75) is 33.4 Å². The Morgan fingerprint density at radius 1 is 1.27 bits per heavy atom. The van der Waals surface area contributed by atoms with Crippen LogP contribution in [0.5, 0.6) is 0 Å². The molecule has 2 aromatic rings. The van der Waals surface area contributed by atoms with Gasteiger partial charge in [-0.1, -0.05) is 24.3 Å². The number of nitrogens with zero attached hydrogens (tertiary/aromatic N) is 1. The molecule has 118 valence electrons. The molecule has 3 N–H and O–H groups in total. The van der Waals surface area contributed by atoms with Crippen molar-refractivity contribution in [1.82, 2.24) is 15.6 Å². The first-order valence-corrected chi connectivity index (χ1v) is 7.97. The fourth-order valence-electron chi connectivity index (χ4n) is 2.22. The Morgan fingerprint density at radius 3 is 2.64 bits per heavy atom. The summed E-state index contributed by atoms with van der Waals surface area (Å²) in [6.07, 6.45) is -0.713. The molecule has 1 aromatic carbocycles. The van der Waals surface area contributed by atoms with Gasteiger partial charge < -0.3 is 15.7 Å². The molecule has 0 aliphatic heterocycles. The Hall–Kier alpha value is -1.92. The number of aliphatic hydroxyl groups is 1. The van der Waals surface area contributed by atoms with Crippen LogP contribution in [0.3, 0.4) is 0 Å². The van der Waals surface area contributed by atoms with E-state index >= 15 is 0 Å². The van der Waals surface area contributed by atoms with E-state index in [0.29, 0.717) is 6.54 Å². The number of benzene rings is 1. The second-order valence-electron chi connectivity index (χ2n) is 5.17. The molecule has 1 unspecified atom stereocenters. The van der Waals surface area contributed by atoms with E-state index in [9.17, 15) is 9.90 Å². The van der Waals surface area contributed by atoms with Crippen LogP contribution >= 0.6 is 11.3 Å². The predicted octanol–water partition coefficient (Wildman–Crippen LogP) is 2.60. The molecule has 0 saturated carbocycles. The number of thiazole rings is 1. The quantitative estimate of drug-likeness (QED) is 0.793. The Morgan fingerprint density at radius 2 is 2.00 bits per heavy atom. The maximum atomic E-state index is 11.8. The van der Waals surface area contributed by atoms with Gasteiger partial charge in [-0.15, -0.1) is 11.3 Å². The molecule has 0 saturated heterocycles. The number of carbonyl (C=O) groups is 1. The molecule has 6 heteroatoms. The Kier molecular flexibility index (Phi) is 5.51. The van der Waals surface area contributed by atoms with E-state index in [0.717, 1.165) is 26.7 Å². The average molecular weight is 319 g/mol. The molecule has 0 bridgehead atoms. The van der Waals surface area contributed by atoms with Gasteiger partial charge in [0.05, 0.1) is 23.4 Å². The number of urea groups is 1. The van der Waals surface area contributed by atoms with Crippen LogP contribution in [-0.2, 0) is 6.54 Å². The van der Waals surface area contributed by atoms with Crippen LogP contribution in [0.15, 0.2) is 24.3 Å². The number of rotatable bonds is 5. The van der Waals surface area contributed by atoms with Crippen LogP contribution in [0.1, 0.15) is 32.8 Å². The lowest BCUT2D eigenvalue weighted by Crippen LogP contribution is -2.37. The van der Waals surface area contributed by atoms with Gasteiger partial charge in [-0.3, -0.25) is 0 Å². The maximum absolute atomic E-state index is 11.8. The molecule has 0 radical (unpaired) electrons. The topological polar surface area (TPSA) is 74.2 Å². The van der Waals surface area contributed by atoms with Crippen LogP contribution in [0.4, 0.5) is 4.79 Å². The van der Waals surface area contributed by atoms with Crippen LogP contribution in [-0.4, -0.2) is 22.7 Å². The van der Waals surface area contributed by atoms with Crippen LogP contribution < -0.4 is 10.6 Å². The van der Waals surface area contributed by atoms with Crippen LogP contribution in [0.2, 0.25) is 0 Å². The zero-order chi connectivity index (χ0) is 16.1. The van der Waals surface area contributed by atoms with Crippen LogP contribution in [0, 0.1) is 20.8 Å². The summed E-state index contributed by atoms with van der Waals surface area (Å²) in [5.41, 5.74) is 2.72. The number of hydrogen-bond acceptors (Lipinski definition) is 4. The molecule has 2 rings (SSSR count). The first kappa shape index (κ1) is 16.5. The van der Waals surface area contributed by atoms with Crippen molar-refractivity contribution >= 4 is 17.4 Å². The van der Waals surface area contributed by atoms with Crippen molar-refractivity contribution in [2.24, 2.45) is 0 Å². The number of aryl methyl sites for hydroxylation is 3. The molecule has 5 nitrogen and oxygen atoms in total. The molecule has 22 heavy (non-hydrogen) atoms. The molecule has 0 spiro atoms. The van der Waals surface area contributed by atoms with E-state index in [2.05, 4.69) is 15.6 Å². The van der Waals surface area contributed by atoms with Crippen molar-refractivity contribution in [3.05, 3.63) is 51.0 Å². The van der Waals surface area contributed by atoms with Gasteiger partial charge in [-0.05, 0) is 31.9 Å². The molecule has 2 amide bonds. The molecule has 1 aromatic heterocycles. The Labute approximate surface area is 134 Å². The number of aliphatic hydroxyl groups excluding tert-OH is 1. The van der Waals surface area contributed by atoms with Gasteiger partial charge in [-0.2, -0.15) is 0 Å². The third-order valence-corrected chi connectivity index (χ3v) is 4.35. The SMILES string of the molecule is Cc1nc(CNC(=O)NCC(O)c2ccccc2C)c(C)s1. The van der Waals surface area contributed by atoms with Gasteiger partial charge in [0.1, 0.15) is 0 Å². The number of hydrogen-bond donors (Lipinski definition) is 3. The maximum Gasteiger partial charge on any atom is 0.315 e. The van der Waals surface area contributed by atoms with Gasteiger partial charge in [0.15, 0.2) is 0 Å². The second kappa shape index (κ2) is 7.38. The summed E-state index contributed by atoms with van der Waals surface area (Å²) in [6, 6.07) is 7.29. The first-order chi connectivity index (χ1) is 10.5. The number of nitrogens with one attached hydrogen (secondary N) is 2. The Bertz CT molecular complexity index is 655. The summed E-state index contributed by atoms with van der Waals surface area (Å²) in [5, 5.41) is 16.6.